The number of benzene rings is 1. The molecule has 2 N–H and O–H groups in total. The van der Waals surface area contributed by atoms with E-state index in [9.17, 15) is 14.0 Å². The van der Waals surface area contributed by atoms with Crippen molar-refractivity contribution < 1.29 is 23.5 Å². The first-order valence-corrected chi connectivity index (χ1v) is 11.2. The van der Waals surface area contributed by atoms with Crippen LogP contribution in [0.5, 0.6) is 5.75 Å². The van der Waals surface area contributed by atoms with Gasteiger partial charge >= 0.3 is 6.09 Å². The zero-order valence-electron chi connectivity index (χ0n) is 18.9. The Labute approximate surface area is 196 Å². The maximum atomic E-state index is 14.5. The molecule has 3 aliphatic rings. The highest BCUT2D eigenvalue weighted by Crippen LogP contribution is 2.37. The number of rotatable bonds is 7. The van der Waals surface area contributed by atoms with E-state index >= 15 is 0 Å². The first-order chi connectivity index (χ1) is 16.4. The third kappa shape index (κ3) is 4.16. The number of nitrogens with one attached hydrogen (secondary N) is 2. The number of allylic oxidation sites excluding steroid dienone is 1. The standard InChI is InChI=1S/C24H26FN5O4/c1-14-11-15-3-4-18(25)17(22(15)29(14)2)8-10-26-9-7-16-12-30(24(32)34-16)20-6-5-19-23(27-20)28-21(31)13-33-19/h3-6,16,26H,1,7-13H2,2H3,(H,27,28,31). The van der Waals surface area contributed by atoms with Crippen LogP contribution in [0.4, 0.5) is 26.5 Å². The maximum absolute atomic E-state index is 14.5. The molecule has 0 aliphatic carbocycles. The Bertz CT molecular complexity index is 1170. The van der Waals surface area contributed by atoms with Gasteiger partial charge in [0.2, 0.25) is 0 Å². The Morgan fingerprint density at radius 2 is 2.12 bits per heavy atom. The zero-order chi connectivity index (χ0) is 23.8. The Balaban J connectivity index is 1.12. The summed E-state index contributed by atoms with van der Waals surface area (Å²) in [6.07, 6.45) is 1.13. The number of nitrogens with zero attached hydrogens (tertiary/aromatic N) is 3. The van der Waals surface area contributed by atoms with Crippen LogP contribution in [-0.2, 0) is 22.4 Å². The summed E-state index contributed by atoms with van der Waals surface area (Å²) in [5.74, 6) is 0.654. The van der Waals surface area contributed by atoms with Gasteiger partial charge in [-0.2, -0.15) is 0 Å². The largest absolute Gasteiger partial charge is 0.480 e. The van der Waals surface area contributed by atoms with Gasteiger partial charge in [-0.3, -0.25) is 9.69 Å². The smallest absolute Gasteiger partial charge is 0.415 e. The molecule has 3 aliphatic heterocycles. The second-order valence-corrected chi connectivity index (χ2v) is 8.59. The van der Waals surface area contributed by atoms with Crippen molar-refractivity contribution in [2.75, 3.05) is 48.4 Å². The van der Waals surface area contributed by atoms with Crippen LogP contribution in [0.3, 0.4) is 0 Å². The highest BCUT2D eigenvalue weighted by atomic mass is 19.1. The lowest BCUT2D eigenvalue weighted by atomic mass is 10.0. The van der Waals surface area contributed by atoms with Crippen LogP contribution in [0, 0.1) is 5.82 Å². The lowest BCUT2D eigenvalue weighted by Gasteiger charge is -2.19. The SMILES string of the molecule is C=C1Cc2ccc(F)c(CCNCCC3CN(c4ccc5c(n4)NC(=O)CO5)C(=O)O3)c2N1C. The molecule has 0 bridgehead atoms. The zero-order valence-corrected chi connectivity index (χ0v) is 18.9. The van der Waals surface area contributed by atoms with Gasteiger partial charge in [0, 0.05) is 24.7 Å². The fourth-order valence-electron chi connectivity index (χ4n) is 4.52. The van der Waals surface area contributed by atoms with Gasteiger partial charge in [0.15, 0.2) is 18.2 Å². The summed E-state index contributed by atoms with van der Waals surface area (Å²) < 4.78 is 25.3. The second kappa shape index (κ2) is 8.94. The molecule has 2 amide bonds. The molecule has 1 fully saturated rings. The number of pyridine rings is 1. The van der Waals surface area contributed by atoms with Gasteiger partial charge in [-0.05, 0) is 49.7 Å². The number of likely N-dealkylation sites (N-methyl/N-ethyl adjacent to an activating group) is 1. The van der Waals surface area contributed by atoms with Crippen molar-refractivity contribution in [3.63, 3.8) is 0 Å². The Hall–Kier alpha value is -3.66. The molecule has 0 radical (unpaired) electrons. The van der Waals surface area contributed by atoms with Gasteiger partial charge in [0.25, 0.3) is 5.91 Å². The van der Waals surface area contributed by atoms with Crippen molar-refractivity contribution in [3.8, 4) is 5.75 Å². The number of ether oxygens (including phenoxy) is 2. The Morgan fingerprint density at radius 1 is 1.26 bits per heavy atom. The minimum absolute atomic E-state index is 0.0553. The molecule has 2 aromatic rings. The molecule has 0 saturated carbocycles. The number of anilines is 3. The fraction of sp³-hybridized carbons (Fsp3) is 0.375. The number of amides is 2. The van der Waals surface area contributed by atoms with Gasteiger partial charge in [-0.15, -0.1) is 0 Å². The van der Waals surface area contributed by atoms with Crippen molar-refractivity contribution >= 4 is 29.3 Å². The highest BCUT2D eigenvalue weighted by molar-refractivity contribution is 5.95. The minimum Gasteiger partial charge on any atom is -0.480 e. The van der Waals surface area contributed by atoms with Crippen molar-refractivity contribution in [2.24, 2.45) is 0 Å². The van der Waals surface area contributed by atoms with Crippen LogP contribution in [0.25, 0.3) is 0 Å². The number of carbonyl (C=O) groups is 2. The van der Waals surface area contributed by atoms with Gasteiger partial charge in [0.1, 0.15) is 17.7 Å². The molecule has 34 heavy (non-hydrogen) atoms. The van der Waals surface area contributed by atoms with E-state index in [0.717, 1.165) is 23.4 Å². The van der Waals surface area contributed by atoms with Crippen molar-refractivity contribution in [2.45, 2.75) is 25.4 Å². The van der Waals surface area contributed by atoms with Gasteiger partial charge in [0.05, 0.1) is 12.2 Å². The van der Waals surface area contributed by atoms with E-state index in [4.69, 9.17) is 9.47 Å². The predicted molar refractivity (Wildman–Crippen MR) is 125 cm³/mol. The second-order valence-electron chi connectivity index (χ2n) is 8.59. The summed E-state index contributed by atoms with van der Waals surface area (Å²) in [4.78, 5) is 31.6. The number of cyclic esters (lactones) is 1. The first kappa shape index (κ1) is 22.1. The third-order valence-electron chi connectivity index (χ3n) is 6.32. The van der Waals surface area contributed by atoms with Crippen LogP contribution >= 0.6 is 0 Å². The quantitative estimate of drug-likeness (QED) is 0.605. The first-order valence-electron chi connectivity index (χ1n) is 11.2. The summed E-state index contributed by atoms with van der Waals surface area (Å²) in [7, 11) is 1.92. The van der Waals surface area contributed by atoms with E-state index in [-0.39, 0.29) is 24.4 Å². The summed E-state index contributed by atoms with van der Waals surface area (Å²) >= 11 is 0. The fourth-order valence-corrected chi connectivity index (χ4v) is 4.52. The van der Waals surface area contributed by atoms with Gasteiger partial charge < -0.3 is 25.0 Å². The van der Waals surface area contributed by atoms with E-state index in [1.807, 2.05) is 18.0 Å². The number of aromatic nitrogens is 1. The van der Waals surface area contributed by atoms with E-state index in [0.29, 0.717) is 55.4 Å². The lowest BCUT2D eigenvalue weighted by molar-refractivity contribution is -0.118. The third-order valence-corrected chi connectivity index (χ3v) is 6.32. The molecular weight excluding hydrogens is 441 g/mol. The molecule has 1 aromatic carbocycles. The van der Waals surface area contributed by atoms with Crippen molar-refractivity contribution in [1.82, 2.24) is 10.3 Å². The lowest BCUT2D eigenvalue weighted by Crippen LogP contribution is -2.29. The van der Waals surface area contributed by atoms with Gasteiger partial charge in [-0.1, -0.05) is 12.6 Å². The number of hydrogen-bond acceptors (Lipinski definition) is 7. The summed E-state index contributed by atoms with van der Waals surface area (Å²) in [5, 5.41) is 5.96. The molecular formula is C24H26FN5O4. The normalized spacial score (nSPS) is 19.0. The van der Waals surface area contributed by atoms with Crippen molar-refractivity contribution in [1.29, 1.82) is 0 Å². The Kier molecular flexibility index (Phi) is 5.82. The monoisotopic (exact) mass is 467 g/mol. The topological polar surface area (TPSA) is 96.0 Å². The molecule has 0 spiro atoms. The molecule has 1 unspecified atom stereocenters. The van der Waals surface area contributed by atoms with Crippen LogP contribution < -0.4 is 25.2 Å². The molecule has 5 rings (SSSR count). The number of fused-ring (bicyclic) bond motifs is 2. The molecule has 1 atom stereocenters. The van der Waals surface area contributed by atoms with Crippen LogP contribution in [0.2, 0.25) is 0 Å². The molecule has 10 heteroatoms. The average molecular weight is 468 g/mol. The molecule has 178 valence electrons. The summed E-state index contributed by atoms with van der Waals surface area (Å²) in [5.41, 5.74) is 3.68. The molecule has 9 nitrogen and oxygen atoms in total. The van der Waals surface area contributed by atoms with Crippen LogP contribution in [-0.4, -0.2) is 56.4 Å². The van der Waals surface area contributed by atoms with Crippen LogP contribution in [0.1, 0.15) is 17.5 Å². The molecule has 1 aromatic heterocycles. The summed E-state index contributed by atoms with van der Waals surface area (Å²) in [6.45, 7) is 5.57. The van der Waals surface area contributed by atoms with E-state index in [1.54, 1.807) is 12.1 Å². The number of carbonyl (C=O) groups excluding carboxylic acids is 2. The maximum Gasteiger partial charge on any atom is 0.415 e. The number of halogens is 1. The van der Waals surface area contributed by atoms with Crippen LogP contribution in [0.15, 0.2) is 36.5 Å². The van der Waals surface area contributed by atoms with E-state index in [2.05, 4.69) is 22.2 Å². The minimum atomic E-state index is -0.481. The predicted octanol–water partition coefficient (Wildman–Crippen LogP) is 2.61. The molecule has 4 heterocycles. The summed E-state index contributed by atoms with van der Waals surface area (Å²) in [6, 6.07) is 6.69. The van der Waals surface area contributed by atoms with Crippen molar-refractivity contribution in [3.05, 3.63) is 53.5 Å². The average Bonchev–Trinajstić information content (AvgIpc) is 3.33. The van der Waals surface area contributed by atoms with Gasteiger partial charge in [-0.25, -0.2) is 14.2 Å². The van der Waals surface area contributed by atoms with E-state index in [1.165, 1.54) is 11.0 Å². The number of hydrogen-bond donors (Lipinski definition) is 2. The Morgan fingerprint density at radius 3 is 2.97 bits per heavy atom. The molecule has 1 saturated heterocycles. The highest BCUT2D eigenvalue weighted by Gasteiger charge is 2.33. The van der Waals surface area contributed by atoms with E-state index < -0.39 is 6.09 Å².